The van der Waals surface area contributed by atoms with Gasteiger partial charge in [0.1, 0.15) is 13.1 Å². The van der Waals surface area contributed by atoms with Crippen LogP contribution in [0.1, 0.15) is 16.8 Å². The smallest absolute Gasteiger partial charge is 0.407 e. The molecule has 13 heteroatoms. The van der Waals surface area contributed by atoms with Crippen LogP contribution in [0.15, 0.2) is 12.5 Å². The second kappa shape index (κ2) is 11.2. The van der Waals surface area contributed by atoms with Crippen LogP contribution >= 0.6 is 0 Å². The number of ether oxygens (including phenoxy) is 3. The van der Waals surface area contributed by atoms with Crippen molar-refractivity contribution in [2.75, 3.05) is 20.0 Å². The molecule has 0 spiro atoms. The molecule has 0 saturated carbocycles. The average Bonchev–Trinajstić information content (AvgIpc) is 3.46. The quantitative estimate of drug-likeness (QED) is 0.188. The Hall–Kier alpha value is -2.75. The molecule has 0 unspecified atom stereocenters. The van der Waals surface area contributed by atoms with Gasteiger partial charge < -0.3 is 19.3 Å². The lowest BCUT2D eigenvalue weighted by Gasteiger charge is -2.17. The van der Waals surface area contributed by atoms with Crippen LogP contribution in [0.5, 0.6) is 5.88 Å². The Morgan fingerprint density at radius 2 is 1.71 bits per heavy atom. The average molecular weight is 561 g/mol. The fourth-order valence-corrected chi connectivity index (χ4v) is 5.77. The molecule has 3 aromatic heterocycles. The van der Waals surface area contributed by atoms with Crippen molar-refractivity contribution < 1.29 is 24.1 Å². The number of hydrogen-bond acceptors (Lipinski definition) is 7. The second-order valence-electron chi connectivity index (χ2n) is 12.3. The molecule has 0 fully saturated rings. The first-order chi connectivity index (χ1) is 17.8. The summed E-state index contributed by atoms with van der Waals surface area (Å²) in [5.41, 5.74) is 3.18. The molecule has 208 valence electrons. The lowest BCUT2D eigenvalue weighted by Crippen LogP contribution is -2.23. The summed E-state index contributed by atoms with van der Waals surface area (Å²) in [5, 5.41) is 14.8. The number of amides is 1. The van der Waals surface area contributed by atoms with Crippen molar-refractivity contribution >= 4 is 33.3 Å². The monoisotopic (exact) mass is 560 g/mol. The first-order valence-corrected chi connectivity index (χ1v) is 20.4. The molecule has 0 atom stereocenters. The lowest BCUT2D eigenvalue weighted by molar-refractivity contribution is 0.00993. The van der Waals surface area contributed by atoms with Crippen molar-refractivity contribution in [3.8, 4) is 11.7 Å². The third kappa shape index (κ3) is 6.63. The van der Waals surface area contributed by atoms with E-state index < -0.39 is 22.2 Å². The summed E-state index contributed by atoms with van der Waals surface area (Å²) in [6, 6.07) is 2.13. The third-order valence-electron chi connectivity index (χ3n) is 6.56. The van der Waals surface area contributed by atoms with Crippen molar-refractivity contribution in [1.82, 2.24) is 29.2 Å². The van der Waals surface area contributed by atoms with Crippen LogP contribution in [0.25, 0.3) is 16.9 Å². The molecule has 3 aromatic rings. The van der Waals surface area contributed by atoms with Crippen molar-refractivity contribution in [2.45, 2.75) is 78.1 Å². The van der Waals surface area contributed by atoms with Gasteiger partial charge in [-0.1, -0.05) is 39.3 Å². The van der Waals surface area contributed by atoms with E-state index in [9.17, 15) is 9.90 Å². The number of aryl methyl sites for hydroxylation is 1. The molecule has 0 radical (unpaired) electrons. The van der Waals surface area contributed by atoms with E-state index in [1.165, 1.54) is 11.2 Å². The van der Waals surface area contributed by atoms with E-state index in [4.69, 9.17) is 14.2 Å². The van der Waals surface area contributed by atoms with Gasteiger partial charge in [-0.3, -0.25) is 9.47 Å². The normalized spacial score (nSPS) is 13.9. The number of carboxylic acid groups (broad SMARTS) is 1. The third-order valence-corrected chi connectivity index (χ3v) is 9.97. The molecule has 0 saturated heterocycles. The molecule has 0 aliphatic carbocycles. The van der Waals surface area contributed by atoms with Crippen LogP contribution in [0.2, 0.25) is 51.4 Å². The fraction of sp³-hybridized carbons (Fsp3) is 0.600. The molecule has 1 amide bonds. The molecular formula is C25H40N6O5Si2. The van der Waals surface area contributed by atoms with Gasteiger partial charge in [0.15, 0.2) is 18.3 Å². The van der Waals surface area contributed by atoms with Crippen LogP contribution < -0.4 is 4.74 Å². The number of nitrogens with zero attached hydrogens (tertiary/aromatic N) is 6. The van der Waals surface area contributed by atoms with Gasteiger partial charge in [-0.25, -0.2) is 19.4 Å². The van der Waals surface area contributed by atoms with E-state index in [2.05, 4.69) is 54.3 Å². The van der Waals surface area contributed by atoms with Crippen LogP contribution in [-0.2, 0) is 29.3 Å². The first-order valence-electron chi connectivity index (χ1n) is 13.0. The van der Waals surface area contributed by atoms with Gasteiger partial charge in [-0.2, -0.15) is 5.10 Å². The predicted molar refractivity (Wildman–Crippen MR) is 150 cm³/mol. The molecule has 4 heterocycles. The Balaban J connectivity index is 1.62. The zero-order valence-corrected chi connectivity index (χ0v) is 25.6. The van der Waals surface area contributed by atoms with Crippen LogP contribution in [0.3, 0.4) is 0 Å². The Labute approximate surface area is 225 Å². The lowest BCUT2D eigenvalue weighted by atomic mass is 10.2. The molecule has 0 aromatic carbocycles. The van der Waals surface area contributed by atoms with E-state index in [0.29, 0.717) is 43.8 Å². The Morgan fingerprint density at radius 3 is 2.34 bits per heavy atom. The van der Waals surface area contributed by atoms with E-state index in [1.807, 2.05) is 17.7 Å². The van der Waals surface area contributed by atoms with Crippen molar-refractivity contribution in [3.63, 3.8) is 0 Å². The van der Waals surface area contributed by atoms with Gasteiger partial charge in [-0.15, -0.1) is 0 Å². The topological polar surface area (TPSA) is 117 Å². The first kappa shape index (κ1) is 28.3. The van der Waals surface area contributed by atoms with Crippen LogP contribution in [0, 0.1) is 6.92 Å². The van der Waals surface area contributed by atoms with Gasteiger partial charge >= 0.3 is 6.09 Å². The zero-order chi connectivity index (χ0) is 27.7. The molecule has 4 rings (SSSR count). The highest BCUT2D eigenvalue weighted by Gasteiger charge is 2.28. The summed E-state index contributed by atoms with van der Waals surface area (Å²) in [4.78, 5) is 21.8. The summed E-state index contributed by atoms with van der Waals surface area (Å²) < 4.78 is 21.8. The van der Waals surface area contributed by atoms with Crippen molar-refractivity contribution in [1.29, 1.82) is 0 Å². The van der Waals surface area contributed by atoms with E-state index in [0.717, 1.165) is 34.3 Å². The summed E-state index contributed by atoms with van der Waals surface area (Å²) in [5.74, 6) is 1.26. The number of aromatic nitrogens is 5. The minimum absolute atomic E-state index is 0.139. The van der Waals surface area contributed by atoms with Crippen LogP contribution in [-0.4, -0.2) is 76.6 Å². The second-order valence-corrected chi connectivity index (χ2v) is 23.5. The van der Waals surface area contributed by atoms with Gasteiger partial charge in [0, 0.05) is 46.7 Å². The fourth-order valence-electron chi connectivity index (χ4n) is 4.26. The van der Waals surface area contributed by atoms with Gasteiger partial charge in [0.25, 0.3) is 0 Å². The molecule has 0 bridgehead atoms. The Morgan fingerprint density at radius 1 is 1.03 bits per heavy atom. The number of carbonyl (C=O) groups is 1. The van der Waals surface area contributed by atoms with Crippen molar-refractivity contribution in [2.24, 2.45) is 0 Å². The van der Waals surface area contributed by atoms with Crippen molar-refractivity contribution in [3.05, 3.63) is 29.3 Å². The maximum Gasteiger partial charge on any atom is 0.407 e. The van der Waals surface area contributed by atoms with Gasteiger partial charge in [-0.05, 0) is 19.0 Å². The van der Waals surface area contributed by atoms with Gasteiger partial charge in [0.2, 0.25) is 5.88 Å². The predicted octanol–water partition coefficient (Wildman–Crippen LogP) is 4.92. The SMILES string of the molecule is Cc1c(OCOCC[Si](C)(C)C)n(COCC[Si](C)(C)C)c2ncnc(-n3cc4c(n3)CN(C(=O)O)C4)c12. The number of fused-ring (bicyclic) bond motifs is 2. The minimum atomic E-state index is -1.23. The Kier molecular flexibility index (Phi) is 8.30. The highest BCUT2D eigenvalue weighted by Crippen LogP contribution is 2.34. The summed E-state index contributed by atoms with van der Waals surface area (Å²) in [6.07, 6.45) is 2.41. The van der Waals surface area contributed by atoms with E-state index >= 15 is 0 Å². The Bertz CT molecular complexity index is 1270. The highest BCUT2D eigenvalue weighted by molar-refractivity contribution is 6.76. The maximum atomic E-state index is 11.4. The zero-order valence-electron chi connectivity index (χ0n) is 23.6. The summed E-state index contributed by atoms with van der Waals surface area (Å²) in [6.45, 7) is 18.3. The molecule has 11 nitrogen and oxygen atoms in total. The van der Waals surface area contributed by atoms with E-state index in [-0.39, 0.29) is 13.3 Å². The van der Waals surface area contributed by atoms with Crippen LogP contribution in [0.4, 0.5) is 4.79 Å². The molecule has 1 aliphatic rings. The number of rotatable bonds is 12. The maximum absolute atomic E-state index is 11.4. The summed E-state index contributed by atoms with van der Waals surface area (Å²) >= 11 is 0. The summed E-state index contributed by atoms with van der Waals surface area (Å²) in [7, 11) is -2.42. The highest BCUT2D eigenvalue weighted by atomic mass is 28.3. The van der Waals surface area contributed by atoms with Gasteiger partial charge in [0.05, 0.1) is 24.2 Å². The standard InChI is InChI=1S/C25H40N6O5Si2/c1-18-21-22(26-15-27-23(21)31-13-19-12-29(25(32)33)14-20(19)28-31)30(16-34-8-10-37(2,3)4)24(18)36-17-35-9-11-38(5,6)7/h13,15H,8-12,14,16-17H2,1-7H3,(H,32,33). The minimum Gasteiger partial charge on any atom is -0.465 e. The molecule has 38 heavy (non-hydrogen) atoms. The molecule has 1 N–H and O–H groups in total. The van der Waals surface area contributed by atoms with E-state index in [1.54, 1.807) is 4.68 Å². The molecule has 1 aliphatic heterocycles. The number of hydrogen-bond donors (Lipinski definition) is 1. The molecular weight excluding hydrogens is 520 g/mol. The largest absolute Gasteiger partial charge is 0.465 e.